The maximum absolute atomic E-state index is 11.3. The van der Waals surface area contributed by atoms with E-state index < -0.39 is 12.0 Å². The van der Waals surface area contributed by atoms with Crippen LogP contribution in [0.1, 0.15) is 25.7 Å². The standard InChI is InChI=1S/C17H20BrN5O3/c18-11-2-4-13(16-20-22-23-21-16)15(7-11)26-12-3-1-9-8-19-14(17(24)25)6-10(9)5-12/h2,4,7,9-10,12,14,19H,1,3,5-6,8H2,(H,24,25)(H,20,21,22,23)/t9?,10?,12-,14-/m0/s1. The van der Waals surface area contributed by atoms with Crippen molar-refractivity contribution in [1.82, 2.24) is 25.9 Å². The molecule has 2 unspecified atom stereocenters. The molecule has 8 nitrogen and oxygen atoms in total. The number of aromatic amines is 1. The van der Waals surface area contributed by atoms with Gasteiger partial charge < -0.3 is 15.2 Å². The highest BCUT2D eigenvalue weighted by atomic mass is 79.9. The fraction of sp³-hybridized carbons (Fsp3) is 0.529. The van der Waals surface area contributed by atoms with Crippen molar-refractivity contribution in [3.8, 4) is 17.1 Å². The second-order valence-corrected chi connectivity index (χ2v) is 7.90. The quantitative estimate of drug-likeness (QED) is 0.693. The number of hydrogen-bond donors (Lipinski definition) is 3. The molecule has 1 saturated heterocycles. The molecule has 3 N–H and O–H groups in total. The van der Waals surface area contributed by atoms with Gasteiger partial charge in [-0.05, 0) is 67.5 Å². The number of nitrogens with zero attached hydrogens (tertiary/aromatic N) is 3. The number of benzene rings is 1. The molecule has 0 spiro atoms. The lowest BCUT2D eigenvalue weighted by molar-refractivity contribution is -0.141. The summed E-state index contributed by atoms with van der Waals surface area (Å²) in [5.74, 6) is 1.35. The molecule has 1 aliphatic heterocycles. The molecule has 1 saturated carbocycles. The Hall–Kier alpha value is -2.00. The number of fused-ring (bicyclic) bond motifs is 1. The van der Waals surface area contributed by atoms with Crippen molar-refractivity contribution in [2.45, 2.75) is 37.8 Å². The first kappa shape index (κ1) is 17.4. The van der Waals surface area contributed by atoms with E-state index in [1.807, 2.05) is 18.2 Å². The number of aliphatic carboxylic acids is 1. The molecular weight excluding hydrogens is 402 g/mol. The van der Waals surface area contributed by atoms with Gasteiger partial charge in [0.05, 0.1) is 11.7 Å². The number of tetrazole rings is 1. The second-order valence-electron chi connectivity index (χ2n) is 6.98. The Morgan fingerprint density at radius 3 is 2.92 bits per heavy atom. The van der Waals surface area contributed by atoms with E-state index in [1.165, 1.54) is 0 Å². The molecule has 4 atom stereocenters. The summed E-state index contributed by atoms with van der Waals surface area (Å²) >= 11 is 3.49. The normalized spacial score (nSPS) is 28.3. The minimum absolute atomic E-state index is 0.0590. The van der Waals surface area contributed by atoms with Crippen LogP contribution in [-0.2, 0) is 4.79 Å². The predicted molar refractivity (Wildman–Crippen MR) is 96.6 cm³/mol. The summed E-state index contributed by atoms with van der Waals surface area (Å²) < 4.78 is 7.23. The first-order valence-corrected chi connectivity index (χ1v) is 9.55. The van der Waals surface area contributed by atoms with Gasteiger partial charge in [-0.3, -0.25) is 4.79 Å². The molecule has 0 bridgehead atoms. The van der Waals surface area contributed by atoms with Crippen molar-refractivity contribution in [3.05, 3.63) is 22.7 Å². The summed E-state index contributed by atoms with van der Waals surface area (Å²) in [6, 6.07) is 5.29. The zero-order valence-corrected chi connectivity index (χ0v) is 15.6. The number of ether oxygens (including phenoxy) is 1. The van der Waals surface area contributed by atoms with Gasteiger partial charge in [-0.15, -0.1) is 10.2 Å². The summed E-state index contributed by atoms with van der Waals surface area (Å²) in [7, 11) is 0. The van der Waals surface area contributed by atoms with Crippen molar-refractivity contribution in [1.29, 1.82) is 0 Å². The van der Waals surface area contributed by atoms with Crippen LogP contribution in [0.5, 0.6) is 5.75 Å². The fourth-order valence-corrected chi connectivity index (χ4v) is 4.39. The van der Waals surface area contributed by atoms with Gasteiger partial charge in [0.25, 0.3) is 0 Å². The van der Waals surface area contributed by atoms with E-state index >= 15 is 0 Å². The Bertz CT molecular complexity index is 785. The zero-order valence-electron chi connectivity index (χ0n) is 14.1. The predicted octanol–water partition coefficient (Wildman–Crippen LogP) is 2.24. The number of carboxylic acids is 1. The van der Waals surface area contributed by atoms with Gasteiger partial charge in [0, 0.05) is 4.47 Å². The highest BCUT2D eigenvalue weighted by Crippen LogP contribution is 2.39. The summed E-state index contributed by atoms with van der Waals surface area (Å²) in [6.45, 7) is 0.777. The monoisotopic (exact) mass is 421 g/mol. The largest absolute Gasteiger partial charge is 0.490 e. The van der Waals surface area contributed by atoms with Gasteiger partial charge in [0.1, 0.15) is 11.8 Å². The lowest BCUT2D eigenvalue weighted by Gasteiger charge is -2.41. The molecule has 2 fully saturated rings. The Morgan fingerprint density at radius 1 is 1.27 bits per heavy atom. The van der Waals surface area contributed by atoms with E-state index in [2.05, 4.69) is 41.9 Å². The Balaban J connectivity index is 1.50. The van der Waals surface area contributed by atoms with E-state index in [0.717, 1.165) is 35.8 Å². The second kappa shape index (κ2) is 7.32. The number of carboxylic acid groups (broad SMARTS) is 1. The van der Waals surface area contributed by atoms with Crippen LogP contribution in [0.2, 0.25) is 0 Å². The highest BCUT2D eigenvalue weighted by molar-refractivity contribution is 9.10. The molecule has 2 aromatic rings. The number of nitrogens with one attached hydrogen (secondary N) is 2. The van der Waals surface area contributed by atoms with Crippen molar-refractivity contribution in [2.24, 2.45) is 11.8 Å². The first-order valence-electron chi connectivity index (χ1n) is 8.76. The van der Waals surface area contributed by atoms with Gasteiger partial charge in [-0.2, -0.15) is 5.21 Å². The van der Waals surface area contributed by atoms with E-state index in [-0.39, 0.29) is 6.10 Å². The molecule has 1 aromatic carbocycles. The van der Waals surface area contributed by atoms with E-state index in [1.54, 1.807) is 0 Å². The van der Waals surface area contributed by atoms with Gasteiger partial charge in [-0.1, -0.05) is 15.9 Å². The topological polar surface area (TPSA) is 113 Å². The SMILES string of the molecule is O=C(O)[C@@H]1CC2C[C@@H](Oc3cc(Br)ccc3-c3nn[nH]n3)CCC2CN1. The van der Waals surface area contributed by atoms with Crippen LogP contribution in [0.3, 0.4) is 0 Å². The molecule has 1 aromatic heterocycles. The number of H-pyrrole nitrogens is 1. The summed E-state index contributed by atoms with van der Waals surface area (Å²) in [5.41, 5.74) is 0.790. The van der Waals surface area contributed by atoms with Crippen molar-refractivity contribution >= 4 is 21.9 Å². The number of hydrogen-bond acceptors (Lipinski definition) is 6. The molecule has 2 heterocycles. The van der Waals surface area contributed by atoms with Gasteiger partial charge in [0.2, 0.25) is 5.82 Å². The smallest absolute Gasteiger partial charge is 0.320 e. The first-order chi connectivity index (χ1) is 12.6. The average Bonchev–Trinajstić information content (AvgIpc) is 3.15. The van der Waals surface area contributed by atoms with Gasteiger partial charge in [-0.25, -0.2) is 0 Å². The number of rotatable bonds is 4. The van der Waals surface area contributed by atoms with E-state index in [9.17, 15) is 9.90 Å². The van der Waals surface area contributed by atoms with Crippen LogP contribution in [0.15, 0.2) is 22.7 Å². The number of aromatic nitrogens is 4. The van der Waals surface area contributed by atoms with Crippen LogP contribution in [0.4, 0.5) is 0 Å². The van der Waals surface area contributed by atoms with Gasteiger partial charge >= 0.3 is 5.97 Å². The minimum atomic E-state index is -0.766. The van der Waals surface area contributed by atoms with Crippen LogP contribution < -0.4 is 10.1 Å². The maximum atomic E-state index is 11.3. The molecule has 4 rings (SSSR count). The summed E-state index contributed by atoms with van der Waals surface area (Å²) in [6.07, 6.45) is 3.59. The number of piperidine rings is 1. The summed E-state index contributed by atoms with van der Waals surface area (Å²) in [4.78, 5) is 11.3. The lowest BCUT2D eigenvalue weighted by Crippen LogP contribution is -2.50. The maximum Gasteiger partial charge on any atom is 0.320 e. The van der Waals surface area contributed by atoms with Crippen LogP contribution in [0, 0.1) is 11.8 Å². The molecule has 138 valence electrons. The average molecular weight is 422 g/mol. The molecule has 1 aliphatic carbocycles. The number of carbonyl (C=O) groups is 1. The van der Waals surface area contributed by atoms with E-state index in [0.29, 0.717) is 29.8 Å². The fourth-order valence-electron chi connectivity index (χ4n) is 4.05. The summed E-state index contributed by atoms with van der Waals surface area (Å²) in [5, 5.41) is 26.6. The van der Waals surface area contributed by atoms with E-state index in [4.69, 9.17) is 4.74 Å². The van der Waals surface area contributed by atoms with Crippen LogP contribution in [-0.4, -0.2) is 50.4 Å². The Labute approximate surface area is 158 Å². The minimum Gasteiger partial charge on any atom is -0.490 e. The van der Waals surface area contributed by atoms with Gasteiger partial charge in [0.15, 0.2) is 0 Å². The molecule has 0 amide bonds. The third-order valence-corrected chi connectivity index (χ3v) is 5.87. The van der Waals surface area contributed by atoms with Crippen molar-refractivity contribution in [2.75, 3.05) is 6.54 Å². The number of halogens is 1. The van der Waals surface area contributed by atoms with Crippen molar-refractivity contribution in [3.63, 3.8) is 0 Å². The highest BCUT2D eigenvalue weighted by Gasteiger charge is 2.38. The zero-order chi connectivity index (χ0) is 18.1. The lowest BCUT2D eigenvalue weighted by atomic mass is 9.72. The third kappa shape index (κ3) is 3.59. The Morgan fingerprint density at radius 2 is 2.15 bits per heavy atom. The molecule has 2 aliphatic rings. The molecule has 26 heavy (non-hydrogen) atoms. The Kier molecular flexibility index (Phi) is 4.90. The van der Waals surface area contributed by atoms with Crippen LogP contribution in [0.25, 0.3) is 11.4 Å². The molecule has 0 radical (unpaired) electrons. The van der Waals surface area contributed by atoms with Crippen molar-refractivity contribution < 1.29 is 14.6 Å². The van der Waals surface area contributed by atoms with Crippen LogP contribution >= 0.6 is 15.9 Å². The third-order valence-electron chi connectivity index (χ3n) is 5.38. The molecular formula is C17H20BrN5O3. The molecule has 9 heteroatoms.